The first-order valence-corrected chi connectivity index (χ1v) is 7.75. The molecule has 0 heterocycles. The van der Waals surface area contributed by atoms with Crippen LogP contribution in [0.3, 0.4) is 0 Å². The van der Waals surface area contributed by atoms with Crippen molar-refractivity contribution in [3.05, 3.63) is 48.0 Å². The van der Waals surface area contributed by atoms with Gasteiger partial charge in [0.2, 0.25) is 0 Å². The lowest BCUT2D eigenvalue weighted by molar-refractivity contribution is 0.0526. The summed E-state index contributed by atoms with van der Waals surface area (Å²) in [4.78, 5) is 12.7. The number of nitrogens with two attached hydrogens (primary N) is 1. The zero-order valence-electron chi connectivity index (χ0n) is 12.0. The number of para-hydroxylation sites is 1. The zero-order chi connectivity index (χ0) is 15.2. The zero-order valence-corrected chi connectivity index (χ0v) is 12.8. The van der Waals surface area contributed by atoms with E-state index in [2.05, 4.69) is 0 Å². The van der Waals surface area contributed by atoms with Gasteiger partial charge in [-0.25, -0.2) is 4.79 Å². The largest absolute Gasteiger partial charge is 0.462 e. The topological polar surface area (TPSA) is 61.5 Å². The predicted molar refractivity (Wildman–Crippen MR) is 85.1 cm³/mol. The molecule has 0 aliphatic carbocycles. The average molecular weight is 303 g/mol. The molecular formula is C16H17NO3S. The summed E-state index contributed by atoms with van der Waals surface area (Å²) >= 11 is 1.60. The number of hydrogen-bond acceptors (Lipinski definition) is 5. The van der Waals surface area contributed by atoms with E-state index >= 15 is 0 Å². The maximum atomic E-state index is 11.6. The van der Waals surface area contributed by atoms with E-state index in [1.807, 2.05) is 30.5 Å². The highest BCUT2D eigenvalue weighted by Gasteiger charge is 2.11. The number of rotatable bonds is 5. The number of ether oxygens (including phenoxy) is 2. The second kappa shape index (κ2) is 7.04. The minimum atomic E-state index is -0.389. The van der Waals surface area contributed by atoms with Crippen molar-refractivity contribution in [3.63, 3.8) is 0 Å². The summed E-state index contributed by atoms with van der Waals surface area (Å²) in [6.07, 6.45) is 1.98. The van der Waals surface area contributed by atoms with Crippen LogP contribution < -0.4 is 10.5 Å². The smallest absolute Gasteiger partial charge is 0.338 e. The molecular weight excluding hydrogens is 286 g/mol. The van der Waals surface area contributed by atoms with Crippen molar-refractivity contribution in [2.45, 2.75) is 11.8 Å². The summed E-state index contributed by atoms with van der Waals surface area (Å²) in [5.74, 6) is 0.866. The molecule has 0 spiro atoms. The molecule has 0 fully saturated rings. The van der Waals surface area contributed by atoms with E-state index in [1.165, 1.54) is 0 Å². The minimum Gasteiger partial charge on any atom is -0.462 e. The molecule has 21 heavy (non-hydrogen) atoms. The first-order valence-electron chi connectivity index (χ1n) is 6.53. The van der Waals surface area contributed by atoms with E-state index in [0.29, 0.717) is 23.6 Å². The standard InChI is InChI=1S/C16H17NO3S/c1-3-19-16(18)11-8-9-13(12(17)10-11)20-14-6-4-5-7-15(14)21-2/h4-10H,3,17H2,1-2H3. The van der Waals surface area contributed by atoms with Gasteiger partial charge in [0, 0.05) is 4.90 Å². The third-order valence-electron chi connectivity index (χ3n) is 2.81. The number of hydrogen-bond donors (Lipinski definition) is 1. The molecule has 0 amide bonds. The van der Waals surface area contributed by atoms with Crippen molar-refractivity contribution < 1.29 is 14.3 Å². The van der Waals surface area contributed by atoms with E-state index in [9.17, 15) is 4.79 Å². The molecule has 0 saturated heterocycles. The van der Waals surface area contributed by atoms with E-state index in [1.54, 1.807) is 36.9 Å². The van der Waals surface area contributed by atoms with Crippen LogP contribution in [0.15, 0.2) is 47.4 Å². The number of carbonyl (C=O) groups excluding carboxylic acids is 1. The Bertz CT molecular complexity index is 643. The number of nitrogen functional groups attached to an aromatic ring is 1. The van der Waals surface area contributed by atoms with Crippen LogP contribution >= 0.6 is 11.8 Å². The second-order valence-electron chi connectivity index (χ2n) is 4.23. The Labute approximate surface area is 128 Å². The van der Waals surface area contributed by atoms with Gasteiger partial charge in [0.05, 0.1) is 17.9 Å². The van der Waals surface area contributed by atoms with Gasteiger partial charge in [0.25, 0.3) is 0 Å². The van der Waals surface area contributed by atoms with E-state index in [-0.39, 0.29) is 5.97 Å². The van der Waals surface area contributed by atoms with Crippen LogP contribution in [0, 0.1) is 0 Å². The Hall–Kier alpha value is -2.14. The van der Waals surface area contributed by atoms with Crippen LogP contribution in [0.1, 0.15) is 17.3 Å². The Kier molecular flexibility index (Phi) is 5.11. The monoisotopic (exact) mass is 303 g/mol. The lowest BCUT2D eigenvalue weighted by Gasteiger charge is -2.12. The van der Waals surface area contributed by atoms with Crippen LogP contribution in [-0.2, 0) is 4.74 Å². The molecule has 0 unspecified atom stereocenters. The summed E-state index contributed by atoms with van der Waals surface area (Å²) < 4.78 is 10.8. The maximum Gasteiger partial charge on any atom is 0.338 e. The highest BCUT2D eigenvalue weighted by Crippen LogP contribution is 2.34. The first-order chi connectivity index (χ1) is 10.2. The van der Waals surface area contributed by atoms with E-state index < -0.39 is 0 Å². The van der Waals surface area contributed by atoms with Crippen LogP contribution in [0.25, 0.3) is 0 Å². The number of thioether (sulfide) groups is 1. The number of esters is 1. The van der Waals surface area contributed by atoms with Crippen molar-refractivity contribution in [2.24, 2.45) is 0 Å². The van der Waals surface area contributed by atoms with E-state index in [0.717, 1.165) is 10.6 Å². The molecule has 2 rings (SSSR count). The van der Waals surface area contributed by atoms with Gasteiger partial charge in [-0.2, -0.15) is 0 Å². The van der Waals surface area contributed by atoms with Gasteiger partial charge < -0.3 is 15.2 Å². The normalized spacial score (nSPS) is 10.2. The molecule has 110 valence electrons. The molecule has 0 bridgehead atoms. The summed E-state index contributed by atoms with van der Waals surface area (Å²) in [5, 5.41) is 0. The molecule has 2 aromatic carbocycles. The Balaban J connectivity index is 2.23. The molecule has 2 N–H and O–H groups in total. The fourth-order valence-electron chi connectivity index (χ4n) is 1.80. The van der Waals surface area contributed by atoms with Gasteiger partial charge in [0.1, 0.15) is 11.5 Å². The summed E-state index contributed by atoms with van der Waals surface area (Å²) in [5.41, 5.74) is 6.77. The Morgan fingerprint density at radius 3 is 2.62 bits per heavy atom. The third kappa shape index (κ3) is 3.70. The first kappa shape index (κ1) is 15.3. The van der Waals surface area contributed by atoms with Crippen LogP contribution in [-0.4, -0.2) is 18.8 Å². The Morgan fingerprint density at radius 1 is 1.19 bits per heavy atom. The second-order valence-corrected chi connectivity index (χ2v) is 5.07. The van der Waals surface area contributed by atoms with Crippen molar-refractivity contribution in [1.82, 2.24) is 0 Å². The molecule has 0 aromatic heterocycles. The van der Waals surface area contributed by atoms with Gasteiger partial charge in [-0.1, -0.05) is 12.1 Å². The number of carbonyl (C=O) groups is 1. The van der Waals surface area contributed by atoms with E-state index in [4.69, 9.17) is 15.2 Å². The highest BCUT2D eigenvalue weighted by molar-refractivity contribution is 7.98. The van der Waals surface area contributed by atoms with Crippen molar-refractivity contribution in [3.8, 4) is 11.5 Å². The fourth-order valence-corrected chi connectivity index (χ4v) is 2.33. The van der Waals surface area contributed by atoms with Crippen LogP contribution in [0.5, 0.6) is 11.5 Å². The molecule has 0 radical (unpaired) electrons. The molecule has 0 saturated carbocycles. The molecule has 0 atom stereocenters. The number of anilines is 1. The lowest BCUT2D eigenvalue weighted by Crippen LogP contribution is -2.05. The maximum absolute atomic E-state index is 11.6. The summed E-state index contributed by atoms with van der Waals surface area (Å²) in [6, 6.07) is 12.6. The minimum absolute atomic E-state index is 0.331. The Morgan fingerprint density at radius 2 is 1.95 bits per heavy atom. The predicted octanol–water partition coefficient (Wildman–Crippen LogP) is 3.96. The molecule has 0 aliphatic rings. The summed E-state index contributed by atoms with van der Waals surface area (Å²) in [7, 11) is 0. The third-order valence-corrected chi connectivity index (χ3v) is 3.59. The lowest BCUT2D eigenvalue weighted by atomic mass is 10.2. The molecule has 2 aromatic rings. The average Bonchev–Trinajstić information content (AvgIpc) is 2.50. The molecule has 0 aliphatic heterocycles. The summed E-state index contributed by atoms with van der Waals surface area (Å²) in [6.45, 7) is 2.09. The van der Waals surface area contributed by atoms with Crippen molar-refractivity contribution in [2.75, 3.05) is 18.6 Å². The molecule has 5 heteroatoms. The van der Waals surface area contributed by atoms with Crippen LogP contribution in [0.2, 0.25) is 0 Å². The van der Waals surface area contributed by atoms with Crippen molar-refractivity contribution >= 4 is 23.4 Å². The quantitative estimate of drug-likeness (QED) is 0.514. The van der Waals surface area contributed by atoms with Gasteiger partial charge in [-0.3, -0.25) is 0 Å². The van der Waals surface area contributed by atoms with Crippen molar-refractivity contribution in [1.29, 1.82) is 0 Å². The SMILES string of the molecule is CCOC(=O)c1ccc(Oc2ccccc2SC)c(N)c1. The number of benzene rings is 2. The van der Waals surface area contributed by atoms with Crippen LogP contribution in [0.4, 0.5) is 5.69 Å². The van der Waals surface area contributed by atoms with Gasteiger partial charge in [-0.05, 0) is 43.5 Å². The van der Waals surface area contributed by atoms with Gasteiger partial charge in [-0.15, -0.1) is 11.8 Å². The highest BCUT2D eigenvalue weighted by atomic mass is 32.2. The van der Waals surface area contributed by atoms with Gasteiger partial charge in [0.15, 0.2) is 0 Å². The van der Waals surface area contributed by atoms with Gasteiger partial charge >= 0.3 is 5.97 Å². The molecule has 4 nitrogen and oxygen atoms in total. The fraction of sp³-hybridized carbons (Fsp3) is 0.188.